The van der Waals surface area contributed by atoms with Gasteiger partial charge in [-0.3, -0.25) is 14.5 Å². The fraction of sp³-hybridized carbons (Fsp3) is 0.467. The quantitative estimate of drug-likeness (QED) is 0.543. The third-order valence-electron chi connectivity index (χ3n) is 8.57. The lowest BCUT2D eigenvalue weighted by molar-refractivity contribution is -0.160. The van der Waals surface area contributed by atoms with Crippen LogP contribution in [0.2, 0.25) is 0 Å². The highest BCUT2D eigenvalue weighted by Crippen LogP contribution is 2.33. The number of carbonyl (C=O) groups is 2. The number of hydrogen-bond acceptors (Lipinski definition) is 3. The van der Waals surface area contributed by atoms with Crippen LogP contribution in [-0.4, -0.2) is 63.3 Å². The van der Waals surface area contributed by atoms with E-state index < -0.39 is 6.04 Å². The molecule has 0 bridgehead atoms. The number of hydrogen-bond donors (Lipinski definition) is 0. The Kier molecular flexibility index (Phi) is 6.30. The van der Waals surface area contributed by atoms with E-state index in [-0.39, 0.29) is 18.4 Å². The van der Waals surface area contributed by atoms with Gasteiger partial charge in [0.15, 0.2) is 0 Å². The third kappa shape index (κ3) is 4.43. The Balaban J connectivity index is 1.13. The first-order chi connectivity index (χ1) is 17.6. The molecule has 1 aliphatic carbocycles. The van der Waals surface area contributed by atoms with Gasteiger partial charge in [-0.1, -0.05) is 61.7 Å². The second-order valence-corrected chi connectivity index (χ2v) is 10.9. The van der Waals surface area contributed by atoms with Gasteiger partial charge in [-0.15, -0.1) is 0 Å². The summed E-state index contributed by atoms with van der Waals surface area (Å²) in [6, 6.07) is 19.1. The van der Waals surface area contributed by atoms with Crippen molar-refractivity contribution in [1.82, 2.24) is 19.3 Å². The molecule has 1 saturated carbocycles. The smallest absolute Gasteiger partial charge is 0.247 e. The average Bonchev–Trinajstić information content (AvgIpc) is 3.23. The summed E-state index contributed by atoms with van der Waals surface area (Å²) in [6.45, 7) is 3.48. The van der Waals surface area contributed by atoms with Crippen LogP contribution in [0.1, 0.15) is 54.8 Å². The van der Waals surface area contributed by atoms with Crippen molar-refractivity contribution in [3.63, 3.8) is 0 Å². The van der Waals surface area contributed by atoms with Gasteiger partial charge in [-0.25, -0.2) is 0 Å². The monoisotopic (exact) mass is 484 g/mol. The van der Waals surface area contributed by atoms with E-state index in [0.717, 1.165) is 35.6 Å². The van der Waals surface area contributed by atoms with Crippen LogP contribution in [0, 0.1) is 0 Å². The van der Waals surface area contributed by atoms with Gasteiger partial charge in [0.2, 0.25) is 11.8 Å². The SMILES string of the molecule is Cn1c(CN2CC(=O)N3CCN(Cc4ccc(C5CCCCC5)cc4)CC3C2=O)cc2ccccc21. The van der Waals surface area contributed by atoms with Crippen molar-refractivity contribution in [3.8, 4) is 0 Å². The van der Waals surface area contributed by atoms with E-state index in [0.29, 0.717) is 19.6 Å². The summed E-state index contributed by atoms with van der Waals surface area (Å²) in [5, 5.41) is 1.16. The van der Waals surface area contributed by atoms with Gasteiger partial charge in [0, 0.05) is 44.4 Å². The standard InChI is InChI=1S/C30H36N4O2/c1-31-26(17-25-9-5-6-10-27(25)31)19-33-21-29(35)34-16-15-32(20-28(34)30(33)36)18-22-11-13-24(14-12-22)23-7-3-2-4-8-23/h5-6,9-14,17,23,28H,2-4,7-8,15-16,18-21H2,1H3. The van der Waals surface area contributed by atoms with Gasteiger partial charge in [0.05, 0.1) is 6.54 Å². The summed E-state index contributed by atoms with van der Waals surface area (Å²) in [6.07, 6.45) is 6.70. The Morgan fingerprint density at radius 1 is 0.889 bits per heavy atom. The molecule has 0 spiro atoms. The second kappa shape index (κ2) is 9.74. The topological polar surface area (TPSA) is 48.8 Å². The molecule has 0 N–H and O–H groups in total. The fourth-order valence-corrected chi connectivity index (χ4v) is 6.45. The number of amides is 2. The van der Waals surface area contributed by atoms with Gasteiger partial charge in [-0.2, -0.15) is 0 Å². The zero-order valence-corrected chi connectivity index (χ0v) is 21.2. The highest BCUT2D eigenvalue weighted by atomic mass is 16.2. The number of aryl methyl sites for hydroxylation is 1. The molecule has 2 amide bonds. The van der Waals surface area contributed by atoms with E-state index in [2.05, 4.69) is 51.9 Å². The highest BCUT2D eigenvalue weighted by Gasteiger charge is 2.42. The number of piperazine rings is 2. The van der Waals surface area contributed by atoms with E-state index in [9.17, 15) is 9.59 Å². The van der Waals surface area contributed by atoms with Crippen LogP contribution in [0.3, 0.4) is 0 Å². The Hall–Kier alpha value is -3.12. The normalized spacial score (nSPS) is 21.9. The molecule has 6 rings (SSSR count). The lowest BCUT2D eigenvalue weighted by Gasteiger charge is -2.46. The van der Waals surface area contributed by atoms with Crippen LogP contribution in [0.15, 0.2) is 54.6 Å². The summed E-state index contributed by atoms with van der Waals surface area (Å²) in [4.78, 5) is 32.4. The van der Waals surface area contributed by atoms with Crippen LogP contribution in [0.5, 0.6) is 0 Å². The number of fused-ring (bicyclic) bond motifs is 2. The van der Waals surface area contributed by atoms with Crippen molar-refractivity contribution in [2.45, 2.75) is 57.2 Å². The Labute approximate surface area is 213 Å². The molecule has 1 atom stereocenters. The minimum Gasteiger partial charge on any atom is -0.346 e. The van der Waals surface area contributed by atoms with Gasteiger partial charge in [0.25, 0.3) is 0 Å². The van der Waals surface area contributed by atoms with Crippen molar-refractivity contribution < 1.29 is 9.59 Å². The van der Waals surface area contributed by atoms with Crippen molar-refractivity contribution >= 4 is 22.7 Å². The molecule has 6 nitrogen and oxygen atoms in total. The molecular formula is C30H36N4O2. The molecule has 1 aromatic heterocycles. The molecule has 3 fully saturated rings. The van der Waals surface area contributed by atoms with Crippen molar-refractivity contribution in [1.29, 1.82) is 0 Å². The average molecular weight is 485 g/mol. The predicted molar refractivity (Wildman–Crippen MR) is 141 cm³/mol. The van der Waals surface area contributed by atoms with Gasteiger partial charge < -0.3 is 14.4 Å². The zero-order chi connectivity index (χ0) is 24.6. The molecule has 2 aromatic carbocycles. The molecular weight excluding hydrogens is 448 g/mol. The molecule has 2 aliphatic heterocycles. The molecule has 36 heavy (non-hydrogen) atoms. The van der Waals surface area contributed by atoms with Crippen LogP contribution in [0.25, 0.3) is 10.9 Å². The van der Waals surface area contributed by atoms with E-state index in [1.807, 2.05) is 24.1 Å². The lowest BCUT2D eigenvalue weighted by Crippen LogP contribution is -2.66. The summed E-state index contributed by atoms with van der Waals surface area (Å²) in [5.74, 6) is 0.849. The van der Waals surface area contributed by atoms with E-state index in [4.69, 9.17) is 0 Å². The maximum absolute atomic E-state index is 13.5. The van der Waals surface area contributed by atoms with Crippen LogP contribution in [0.4, 0.5) is 0 Å². The van der Waals surface area contributed by atoms with Crippen LogP contribution in [-0.2, 0) is 29.7 Å². The molecule has 2 saturated heterocycles. The van der Waals surface area contributed by atoms with Gasteiger partial charge in [-0.05, 0) is 47.4 Å². The molecule has 0 radical (unpaired) electrons. The fourth-order valence-electron chi connectivity index (χ4n) is 6.45. The maximum atomic E-state index is 13.5. The maximum Gasteiger partial charge on any atom is 0.247 e. The number of nitrogens with zero attached hydrogens (tertiary/aromatic N) is 4. The first-order valence-corrected chi connectivity index (χ1v) is 13.5. The summed E-state index contributed by atoms with van der Waals surface area (Å²) in [7, 11) is 2.03. The molecule has 188 valence electrons. The van der Waals surface area contributed by atoms with Crippen molar-refractivity contribution in [2.75, 3.05) is 26.2 Å². The van der Waals surface area contributed by atoms with Crippen LogP contribution >= 0.6 is 0 Å². The number of benzene rings is 2. The zero-order valence-electron chi connectivity index (χ0n) is 21.2. The van der Waals surface area contributed by atoms with Crippen molar-refractivity contribution in [2.24, 2.45) is 7.05 Å². The van der Waals surface area contributed by atoms with Crippen molar-refractivity contribution in [3.05, 3.63) is 71.4 Å². The highest BCUT2D eigenvalue weighted by molar-refractivity contribution is 5.95. The van der Waals surface area contributed by atoms with E-state index in [1.54, 1.807) is 4.90 Å². The molecule has 3 aromatic rings. The summed E-state index contributed by atoms with van der Waals surface area (Å²) >= 11 is 0. The second-order valence-electron chi connectivity index (χ2n) is 10.9. The molecule has 3 aliphatic rings. The molecule has 6 heteroatoms. The minimum atomic E-state index is -0.392. The minimum absolute atomic E-state index is 0.0647. The lowest BCUT2D eigenvalue weighted by atomic mass is 9.84. The Morgan fingerprint density at radius 3 is 2.44 bits per heavy atom. The van der Waals surface area contributed by atoms with E-state index in [1.165, 1.54) is 43.2 Å². The third-order valence-corrected chi connectivity index (χ3v) is 8.57. The Bertz CT molecular complexity index is 1260. The van der Waals surface area contributed by atoms with E-state index >= 15 is 0 Å². The Morgan fingerprint density at radius 2 is 1.67 bits per heavy atom. The van der Waals surface area contributed by atoms with Gasteiger partial charge in [0.1, 0.15) is 12.6 Å². The first kappa shape index (κ1) is 23.3. The predicted octanol–water partition coefficient (Wildman–Crippen LogP) is 4.28. The number of rotatable bonds is 5. The summed E-state index contributed by atoms with van der Waals surface area (Å²) in [5.41, 5.74) is 4.95. The number of carbonyl (C=O) groups excluding carboxylic acids is 2. The first-order valence-electron chi connectivity index (χ1n) is 13.5. The summed E-state index contributed by atoms with van der Waals surface area (Å²) < 4.78 is 2.13. The molecule has 1 unspecified atom stereocenters. The van der Waals surface area contributed by atoms with Crippen LogP contribution < -0.4 is 0 Å². The largest absolute Gasteiger partial charge is 0.346 e. The number of aromatic nitrogens is 1. The number of para-hydroxylation sites is 1. The van der Waals surface area contributed by atoms with Gasteiger partial charge >= 0.3 is 0 Å². The molecule has 3 heterocycles.